The summed E-state index contributed by atoms with van der Waals surface area (Å²) >= 11 is 2.90. The van der Waals surface area contributed by atoms with Crippen molar-refractivity contribution in [3.05, 3.63) is 57.8 Å². The second-order valence-corrected chi connectivity index (χ2v) is 4.97. The Hall–Kier alpha value is -2.02. The standard InChI is InChI=1S/C14H10BrF3N2O/c1-19-13-7(3-2-4-9(13)16)14(21)20-12-5-8(15)10(17)6-11(12)18/h2-6,19H,1H3,(H,20,21). The van der Waals surface area contributed by atoms with Crippen LogP contribution in [0.25, 0.3) is 0 Å². The molecule has 1 amide bonds. The zero-order chi connectivity index (χ0) is 15.6. The molecule has 0 aliphatic heterocycles. The fourth-order valence-electron chi connectivity index (χ4n) is 1.78. The minimum Gasteiger partial charge on any atom is -0.385 e. The summed E-state index contributed by atoms with van der Waals surface area (Å²) in [5.41, 5.74) is -0.200. The molecule has 0 fully saturated rings. The summed E-state index contributed by atoms with van der Waals surface area (Å²) in [6, 6.07) is 5.69. The Bertz CT molecular complexity index is 707. The first-order chi connectivity index (χ1) is 9.93. The maximum atomic E-state index is 13.6. The molecule has 2 aromatic carbocycles. The van der Waals surface area contributed by atoms with Gasteiger partial charge in [-0.2, -0.15) is 0 Å². The first-order valence-corrected chi connectivity index (χ1v) is 6.65. The number of hydrogen-bond acceptors (Lipinski definition) is 2. The van der Waals surface area contributed by atoms with Gasteiger partial charge in [-0.15, -0.1) is 0 Å². The van der Waals surface area contributed by atoms with Crippen LogP contribution in [0.5, 0.6) is 0 Å². The quantitative estimate of drug-likeness (QED) is 0.808. The highest BCUT2D eigenvalue weighted by atomic mass is 79.9. The molecular weight excluding hydrogens is 349 g/mol. The number of benzene rings is 2. The molecule has 2 aromatic rings. The molecule has 7 heteroatoms. The molecule has 2 rings (SSSR count). The Balaban J connectivity index is 2.35. The van der Waals surface area contributed by atoms with Crippen molar-refractivity contribution in [1.82, 2.24) is 0 Å². The molecule has 0 saturated heterocycles. The van der Waals surface area contributed by atoms with Crippen LogP contribution in [0.3, 0.4) is 0 Å². The van der Waals surface area contributed by atoms with Crippen molar-refractivity contribution in [2.75, 3.05) is 17.7 Å². The smallest absolute Gasteiger partial charge is 0.257 e. The Morgan fingerprint density at radius 3 is 2.48 bits per heavy atom. The maximum Gasteiger partial charge on any atom is 0.257 e. The van der Waals surface area contributed by atoms with Crippen LogP contribution in [0.4, 0.5) is 24.5 Å². The molecule has 0 spiro atoms. The van der Waals surface area contributed by atoms with Crippen LogP contribution in [0.2, 0.25) is 0 Å². The van der Waals surface area contributed by atoms with Crippen LogP contribution >= 0.6 is 15.9 Å². The number of carbonyl (C=O) groups is 1. The molecule has 3 nitrogen and oxygen atoms in total. The van der Waals surface area contributed by atoms with Crippen molar-refractivity contribution in [2.24, 2.45) is 0 Å². The van der Waals surface area contributed by atoms with Crippen molar-refractivity contribution < 1.29 is 18.0 Å². The topological polar surface area (TPSA) is 41.1 Å². The molecule has 21 heavy (non-hydrogen) atoms. The average molecular weight is 359 g/mol. The lowest BCUT2D eigenvalue weighted by molar-refractivity contribution is 0.102. The minimum absolute atomic E-state index is 0.00316. The molecule has 0 atom stereocenters. The number of amides is 1. The van der Waals surface area contributed by atoms with Crippen LogP contribution in [0, 0.1) is 17.5 Å². The molecule has 0 aromatic heterocycles. The highest BCUT2D eigenvalue weighted by Gasteiger charge is 2.16. The third kappa shape index (κ3) is 3.18. The predicted molar refractivity (Wildman–Crippen MR) is 78.0 cm³/mol. The van der Waals surface area contributed by atoms with Gasteiger partial charge in [0.25, 0.3) is 5.91 Å². The van der Waals surface area contributed by atoms with E-state index < -0.39 is 23.4 Å². The van der Waals surface area contributed by atoms with Crippen molar-refractivity contribution in [1.29, 1.82) is 0 Å². The van der Waals surface area contributed by atoms with Crippen LogP contribution in [-0.4, -0.2) is 13.0 Å². The number of halogens is 4. The highest BCUT2D eigenvalue weighted by Crippen LogP contribution is 2.25. The Morgan fingerprint density at radius 2 is 1.81 bits per heavy atom. The van der Waals surface area contributed by atoms with E-state index in [1.807, 2.05) is 0 Å². The summed E-state index contributed by atoms with van der Waals surface area (Å²) in [6.45, 7) is 0. The van der Waals surface area contributed by atoms with Gasteiger partial charge in [-0.05, 0) is 34.1 Å². The normalized spacial score (nSPS) is 10.3. The zero-order valence-corrected chi connectivity index (χ0v) is 12.4. The fraction of sp³-hybridized carbons (Fsp3) is 0.0714. The van der Waals surface area contributed by atoms with Gasteiger partial charge in [0.05, 0.1) is 21.4 Å². The fourth-order valence-corrected chi connectivity index (χ4v) is 2.12. The molecule has 0 heterocycles. The van der Waals surface area contributed by atoms with Gasteiger partial charge < -0.3 is 10.6 Å². The summed E-state index contributed by atoms with van der Waals surface area (Å²) in [5.74, 6) is -3.03. The van der Waals surface area contributed by atoms with E-state index in [0.717, 1.165) is 6.07 Å². The monoisotopic (exact) mass is 358 g/mol. The molecule has 2 N–H and O–H groups in total. The van der Waals surface area contributed by atoms with E-state index in [9.17, 15) is 18.0 Å². The lowest BCUT2D eigenvalue weighted by Crippen LogP contribution is -2.15. The van der Waals surface area contributed by atoms with E-state index in [1.54, 1.807) is 0 Å². The Labute approximate surface area is 127 Å². The van der Waals surface area contributed by atoms with Gasteiger partial charge >= 0.3 is 0 Å². The lowest BCUT2D eigenvalue weighted by atomic mass is 10.1. The first-order valence-electron chi connectivity index (χ1n) is 5.86. The summed E-state index contributed by atoms with van der Waals surface area (Å²) in [6.07, 6.45) is 0. The van der Waals surface area contributed by atoms with Crippen LogP contribution in [0.1, 0.15) is 10.4 Å². The van der Waals surface area contributed by atoms with Crippen LogP contribution < -0.4 is 10.6 Å². The van der Waals surface area contributed by atoms with E-state index in [-0.39, 0.29) is 21.4 Å². The molecule has 0 aliphatic rings. The van der Waals surface area contributed by atoms with Gasteiger partial charge in [0.15, 0.2) is 0 Å². The van der Waals surface area contributed by atoms with Crippen LogP contribution in [-0.2, 0) is 0 Å². The Morgan fingerprint density at radius 1 is 1.10 bits per heavy atom. The minimum atomic E-state index is -0.925. The van der Waals surface area contributed by atoms with E-state index >= 15 is 0 Å². The van der Waals surface area contributed by atoms with Gasteiger partial charge in [0, 0.05) is 13.1 Å². The van der Waals surface area contributed by atoms with E-state index in [1.165, 1.54) is 25.2 Å². The van der Waals surface area contributed by atoms with Crippen molar-refractivity contribution >= 4 is 33.2 Å². The van der Waals surface area contributed by atoms with Gasteiger partial charge in [0.2, 0.25) is 0 Å². The largest absolute Gasteiger partial charge is 0.385 e. The highest BCUT2D eigenvalue weighted by molar-refractivity contribution is 9.10. The average Bonchev–Trinajstić information content (AvgIpc) is 2.44. The molecular formula is C14H10BrF3N2O. The van der Waals surface area contributed by atoms with Crippen molar-refractivity contribution in [3.8, 4) is 0 Å². The first kappa shape index (κ1) is 15.4. The van der Waals surface area contributed by atoms with Gasteiger partial charge in [0.1, 0.15) is 17.5 Å². The van der Waals surface area contributed by atoms with Crippen LogP contribution in [0.15, 0.2) is 34.8 Å². The molecule has 0 aliphatic carbocycles. The summed E-state index contributed by atoms with van der Waals surface area (Å²) < 4.78 is 40.3. The third-order valence-corrected chi connectivity index (χ3v) is 3.37. The van der Waals surface area contributed by atoms with Gasteiger partial charge in [-0.25, -0.2) is 13.2 Å². The predicted octanol–water partition coefficient (Wildman–Crippen LogP) is 4.16. The lowest BCUT2D eigenvalue weighted by Gasteiger charge is -2.11. The number of nitrogens with one attached hydrogen (secondary N) is 2. The molecule has 0 bridgehead atoms. The summed E-state index contributed by atoms with van der Waals surface area (Å²) in [4.78, 5) is 12.1. The van der Waals surface area contributed by atoms with Crippen molar-refractivity contribution in [2.45, 2.75) is 0 Å². The summed E-state index contributed by atoms with van der Waals surface area (Å²) in [5, 5.41) is 4.85. The van der Waals surface area contributed by atoms with E-state index in [0.29, 0.717) is 6.07 Å². The number of anilines is 2. The number of hydrogen-bond donors (Lipinski definition) is 2. The van der Waals surface area contributed by atoms with E-state index in [4.69, 9.17) is 0 Å². The van der Waals surface area contributed by atoms with Crippen molar-refractivity contribution in [3.63, 3.8) is 0 Å². The van der Waals surface area contributed by atoms with Gasteiger partial charge in [-0.3, -0.25) is 4.79 Å². The Kier molecular flexibility index (Phi) is 4.52. The van der Waals surface area contributed by atoms with Gasteiger partial charge in [-0.1, -0.05) is 6.07 Å². The number of para-hydroxylation sites is 1. The number of carbonyl (C=O) groups excluding carboxylic acids is 1. The number of rotatable bonds is 3. The molecule has 0 saturated carbocycles. The third-order valence-electron chi connectivity index (χ3n) is 2.77. The zero-order valence-electron chi connectivity index (χ0n) is 10.8. The molecule has 0 radical (unpaired) electrons. The SMILES string of the molecule is CNc1c(F)cccc1C(=O)Nc1cc(Br)c(F)cc1F. The summed E-state index contributed by atoms with van der Waals surface area (Å²) in [7, 11) is 1.46. The molecule has 0 unspecified atom stereocenters. The maximum absolute atomic E-state index is 13.6. The second-order valence-electron chi connectivity index (χ2n) is 4.11. The molecule has 110 valence electrons. The van der Waals surface area contributed by atoms with E-state index in [2.05, 4.69) is 26.6 Å². The second kappa shape index (κ2) is 6.17.